The molecule has 0 saturated carbocycles. The van der Waals surface area contributed by atoms with Gasteiger partial charge in [-0.2, -0.15) is 0 Å². The standard InChI is InChI=1S/C20H23NO3/c1-14-17(13-20(22)23-2)18-12-16(8-9-19(18)21-14)24-11-10-15-6-4-3-5-7-15/h3-9,12,14,17,21H,10-11,13H2,1-2H3. The highest BCUT2D eigenvalue weighted by atomic mass is 16.5. The van der Waals surface area contributed by atoms with Crippen LogP contribution in [0.1, 0.15) is 30.4 Å². The van der Waals surface area contributed by atoms with E-state index in [2.05, 4.69) is 24.4 Å². The monoisotopic (exact) mass is 325 g/mol. The van der Waals surface area contributed by atoms with E-state index in [9.17, 15) is 4.79 Å². The van der Waals surface area contributed by atoms with E-state index in [1.54, 1.807) is 0 Å². The number of hydrogen-bond donors (Lipinski definition) is 1. The molecule has 126 valence electrons. The Morgan fingerprint density at radius 3 is 2.71 bits per heavy atom. The molecule has 3 rings (SSSR count). The molecule has 2 unspecified atom stereocenters. The van der Waals surface area contributed by atoms with Crippen LogP contribution in [-0.4, -0.2) is 25.7 Å². The van der Waals surface area contributed by atoms with Gasteiger partial charge in [0.05, 0.1) is 20.1 Å². The summed E-state index contributed by atoms with van der Waals surface area (Å²) in [5.74, 6) is 0.775. The highest BCUT2D eigenvalue weighted by Crippen LogP contribution is 2.40. The fraction of sp³-hybridized carbons (Fsp3) is 0.350. The molecule has 1 N–H and O–H groups in total. The summed E-state index contributed by atoms with van der Waals surface area (Å²) in [5, 5.41) is 3.42. The first-order chi connectivity index (χ1) is 11.7. The molecular weight excluding hydrogens is 302 g/mol. The van der Waals surface area contributed by atoms with Gasteiger partial charge in [-0.3, -0.25) is 4.79 Å². The van der Waals surface area contributed by atoms with Gasteiger partial charge in [0, 0.05) is 24.1 Å². The second-order valence-corrected chi connectivity index (χ2v) is 6.15. The third-order valence-corrected chi connectivity index (χ3v) is 4.53. The first kappa shape index (κ1) is 16.4. The second-order valence-electron chi connectivity index (χ2n) is 6.15. The van der Waals surface area contributed by atoms with Gasteiger partial charge in [0.25, 0.3) is 0 Å². The zero-order chi connectivity index (χ0) is 16.9. The fourth-order valence-corrected chi connectivity index (χ4v) is 3.17. The minimum Gasteiger partial charge on any atom is -0.493 e. The highest BCUT2D eigenvalue weighted by molar-refractivity contribution is 5.73. The van der Waals surface area contributed by atoms with Crippen molar-refractivity contribution in [2.24, 2.45) is 0 Å². The van der Waals surface area contributed by atoms with Crippen LogP contribution in [0, 0.1) is 0 Å². The van der Waals surface area contributed by atoms with Gasteiger partial charge in [-0.05, 0) is 36.2 Å². The number of ether oxygens (including phenoxy) is 2. The molecule has 24 heavy (non-hydrogen) atoms. The predicted octanol–water partition coefficient (Wildman–Crippen LogP) is 3.77. The molecule has 0 bridgehead atoms. The fourth-order valence-electron chi connectivity index (χ4n) is 3.17. The number of hydrogen-bond acceptors (Lipinski definition) is 4. The zero-order valence-electron chi connectivity index (χ0n) is 14.1. The van der Waals surface area contributed by atoms with Crippen LogP contribution in [0.2, 0.25) is 0 Å². The van der Waals surface area contributed by atoms with Gasteiger partial charge in [0.1, 0.15) is 5.75 Å². The maximum atomic E-state index is 11.7. The molecule has 2 atom stereocenters. The third-order valence-electron chi connectivity index (χ3n) is 4.53. The van der Waals surface area contributed by atoms with E-state index in [-0.39, 0.29) is 17.9 Å². The molecule has 4 heteroatoms. The van der Waals surface area contributed by atoms with Crippen LogP contribution < -0.4 is 10.1 Å². The predicted molar refractivity (Wildman–Crippen MR) is 94.5 cm³/mol. The molecule has 0 aliphatic carbocycles. The van der Waals surface area contributed by atoms with Crippen LogP contribution in [0.4, 0.5) is 5.69 Å². The van der Waals surface area contributed by atoms with Crippen LogP contribution >= 0.6 is 0 Å². The van der Waals surface area contributed by atoms with E-state index < -0.39 is 0 Å². The molecule has 4 nitrogen and oxygen atoms in total. The van der Waals surface area contributed by atoms with E-state index in [0.717, 1.165) is 23.4 Å². The number of fused-ring (bicyclic) bond motifs is 1. The molecule has 1 heterocycles. The van der Waals surface area contributed by atoms with Gasteiger partial charge < -0.3 is 14.8 Å². The summed E-state index contributed by atoms with van der Waals surface area (Å²) in [5.41, 5.74) is 3.47. The first-order valence-electron chi connectivity index (χ1n) is 8.31. The van der Waals surface area contributed by atoms with Crippen molar-refractivity contribution in [1.29, 1.82) is 0 Å². The topological polar surface area (TPSA) is 47.6 Å². The summed E-state index contributed by atoms with van der Waals surface area (Å²) in [4.78, 5) is 11.7. The summed E-state index contributed by atoms with van der Waals surface area (Å²) in [6.45, 7) is 2.72. The third kappa shape index (κ3) is 3.70. The molecule has 0 fully saturated rings. The Kier molecular flexibility index (Phi) is 5.04. The largest absolute Gasteiger partial charge is 0.493 e. The summed E-state index contributed by atoms with van der Waals surface area (Å²) in [7, 11) is 1.43. The lowest BCUT2D eigenvalue weighted by atomic mass is 9.92. The molecule has 2 aromatic rings. The number of anilines is 1. The van der Waals surface area contributed by atoms with E-state index >= 15 is 0 Å². The van der Waals surface area contributed by atoms with E-state index in [0.29, 0.717) is 13.0 Å². The number of nitrogens with one attached hydrogen (secondary N) is 1. The quantitative estimate of drug-likeness (QED) is 0.821. The van der Waals surface area contributed by atoms with Crippen molar-refractivity contribution in [1.82, 2.24) is 0 Å². The Morgan fingerprint density at radius 2 is 1.96 bits per heavy atom. The van der Waals surface area contributed by atoms with Gasteiger partial charge in [-0.15, -0.1) is 0 Å². The van der Waals surface area contributed by atoms with Gasteiger partial charge in [0.15, 0.2) is 0 Å². The first-order valence-corrected chi connectivity index (χ1v) is 8.31. The van der Waals surface area contributed by atoms with Crippen molar-refractivity contribution in [2.75, 3.05) is 19.0 Å². The van der Waals surface area contributed by atoms with Gasteiger partial charge in [-0.1, -0.05) is 30.3 Å². The summed E-state index contributed by atoms with van der Waals surface area (Å²) in [6, 6.07) is 16.5. The highest BCUT2D eigenvalue weighted by Gasteiger charge is 2.31. The van der Waals surface area contributed by atoms with Crippen molar-refractivity contribution in [2.45, 2.75) is 31.7 Å². The number of benzene rings is 2. The maximum absolute atomic E-state index is 11.7. The van der Waals surface area contributed by atoms with Crippen LogP contribution in [0.25, 0.3) is 0 Å². The Hall–Kier alpha value is -2.49. The summed E-state index contributed by atoms with van der Waals surface area (Å²) in [6.07, 6.45) is 1.25. The van der Waals surface area contributed by atoms with Crippen molar-refractivity contribution in [3.05, 3.63) is 59.7 Å². The van der Waals surface area contributed by atoms with Crippen molar-refractivity contribution in [3.8, 4) is 5.75 Å². The number of carbonyl (C=O) groups excluding carboxylic acids is 1. The van der Waals surface area contributed by atoms with Crippen LogP contribution in [0.3, 0.4) is 0 Å². The average Bonchev–Trinajstić information content (AvgIpc) is 2.91. The zero-order valence-corrected chi connectivity index (χ0v) is 14.1. The van der Waals surface area contributed by atoms with Crippen molar-refractivity contribution >= 4 is 11.7 Å². The molecule has 1 aliphatic heterocycles. The second kappa shape index (κ2) is 7.39. The molecule has 0 spiro atoms. The molecule has 0 radical (unpaired) electrons. The summed E-state index contributed by atoms with van der Waals surface area (Å²) >= 11 is 0. The lowest BCUT2D eigenvalue weighted by Crippen LogP contribution is -2.19. The molecule has 2 aromatic carbocycles. The van der Waals surface area contributed by atoms with Crippen LogP contribution in [0.15, 0.2) is 48.5 Å². The average molecular weight is 325 g/mol. The van der Waals surface area contributed by atoms with Crippen LogP contribution in [-0.2, 0) is 16.0 Å². The maximum Gasteiger partial charge on any atom is 0.306 e. The van der Waals surface area contributed by atoms with Gasteiger partial charge in [0.2, 0.25) is 0 Å². The minimum atomic E-state index is -0.183. The molecular formula is C20H23NO3. The number of methoxy groups -OCH3 is 1. The Bertz CT molecular complexity index is 699. The van der Waals surface area contributed by atoms with E-state index in [1.807, 2.05) is 36.4 Å². The number of carbonyl (C=O) groups is 1. The Morgan fingerprint density at radius 1 is 1.17 bits per heavy atom. The smallest absolute Gasteiger partial charge is 0.306 e. The Balaban J connectivity index is 1.65. The van der Waals surface area contributed by atoms with Crippen molar-refractivity contribution < 1.29 is 14.3 Å². The summed E-state index contributed by atoms with van der Waals surface area (Å²) < 4.78 is 10.7. The molecule has 0 saturated heterocycles. The minimum absolute atomic E-state index is 0.116. The van der Waals surface area contributed by atoms with Crippen molar-refractivity contribution in [3.63, 3.8) is 0 Å². The van der Waals surface area contributed by atoms with Gasteiger partial charge >= 0.3 is 5.97 Å². The van der Waals surface area contributed by atoms with E-state index in [4.69, 9.17) is 9.47 Å². The normalized spacial score (nSPS) is 18.6. The lowest BCUT2D eigenvalue weighted by molar-refractivity contribution is -0.141. The number of esters is 1. The lowest BCUT2D eigenvalue weighted by Gasteiger charge is -2.15. The molecule has 0 aromatic heterocycles. The molecule has 1 aliphatic rings. The Labute approximate surface area is 142 Å². The van der Waals surface area contributed by atoms with Gasteiger partial charge in [-0.25, -0.2) is 0 Å². The van der Waals surface area contributed by atoms with Crippen LogP contribution in [0.5, 0.6) is 5.75 Å². The molecule has 0 amide bonds. The van der Waals surface area contributed by atoms with E-state index in [1.165, 1.54) is 12.7 Å². The SMILES string of the molecule is COC(=O)CC1c2cc(OCCc3ccccc3)ccc2NC1C. The number of rotatable bonds is 6.